The number of amides is 3. The Bertz CT molecular complexity index is 1200. The van der Waals surface area contributed by atoms with Gasteiger partial charge >= 0.3 is 6.09 Å². The van der Waals surface area contributed by atoms with Crippen molar-refractivity contribution in [1.82, 2.24) is 10.6 Å². The number of benzene rings is 2. The number of rotatable bonds is 10. The third kappa shape index (κ3) is 7.85. The lowest BCUT2D eigenvalue weighted by Crippen LogP contribution is -2.44. The first-order valence-corrected chi connectivity index (χ1v) is 13.4. The predicted octanol–water partition coefficient (Wildman–Crippen LogP) is 3.58. The Morgan fingerprint density at radius 1 is 1.00 bits per heavy atom. The van der Waals surface area contributed by atoms with E-state index in [0.717, 1.165) is 36.4 Å². The van der Waals surface area contributed by atoms with Crippen molar-refractivity contribution in [2.24, 2.45) is 0 Å². The van der Waals surface area contributed by atoms with Crippen molar-refractivity contribution in [3.05, 3.63) is 53.6 Å². The summed E-state index contributed by atoms with van der Waals surface area (Å²) in [5.41, 5.74) is 0.449. The Morgan fingerprint density at radius 2 is 1.72 bits per heavy atom. The van der Waals surface area contributed by atoms with Crippen molar-refractivity contribution in [2.45, 2.75) is 49.5 Å². The van der Waals surface area contributed by atoms with E-state index in [1.807, 2.05) is 0 Å². The fraction of sp³-hybridized carbons (Fsp3) is 0.375. The Labute approximate surface area is 215 Å². The number of carbonyl (C=O) groups is 3. The van der Waals surface area contributed by atoms with Crippen LogP contribution in [0.5, 0.6) is 0 Å². The van der Waals surface area contributed by atoms with E-state index in [1.54, 1.807) is 18.2 Å². The molecule has 0 aliphatic heterocycles. The number of nitrogens with zero attached hydrogens (tertiary/aromatic N) is 1. The molecular formula is C24H29ClN4O6S. The number of anilines is 2. The molecule has 0 bridgehead atoms. The van der Waals surface area contributed by atoms with Gasteiger partial charge in [0.05, 0.1) is 10.6 Å². The highest BCUT2D eigenvalue weighted by atomic mass is 35.5. The molecule has 3 amide bonds. The largest absolute Gasteiger partial charge is 0.465 e. The molecule has 0 radical (unpaired) electrons. The summed E-state index contributed by atoms with van der Waals surface area (Å²) in [5.74, 6) is -0.905. The molecule has 36 heavy (non-hydrogen) atoms. The number of nitrogens with one attached hydrogen (secondary N) is 3. The Balaban J connectivity index is 1.82. The zero-order valence-corrected chi connectivity index (χ0v) is 21.1. The molecule has 1 aliphatic rings. The molecule has 0 spiro atoms. The Kier molecular flexibility index (Phi) is 9.54. The first kappa shape index (κ1) is 27.3. The van der Waals surface area contributed by atoms with E-state index in [-0.39, 0.29) is 35.3 Å². The average Bonchev–Trinajstić information content (AvgIpc) is 2.83. The van der Waals surface area contributed by atoms with Crippen molar-refractivity contribution in [2.75, 3.05) is 22.7 Å². The minimum atomic E-state index is -4.22. The first-order chi connectivity index (χ1) is 17.1. The van der Waals surface area contributed by atoms with Crippen LogP contribution < -0.4 is 20.3 Å². The number of sulfonamides is 1. The van der Waals surface area contributed by atoms with Crippen LogP contribution in [0.4, 0.5) is 16.2 Å². The highest BCUT2D eigenvalue weighted by Gasteiger charge is 2.29. The van der Waals surface area contributed by atoms with Gasteiger partial charge in [-0.25, -0.2) is 13.2 Å². The molecule has 1 saturated carbocycles. The van der Waals surface area contributed by atoms with Gasteiger partial charge in [0.1, 0.15) is 6.54 Å². The van der Waals surface area contributed by atoms with E-state index in [1.165, 1.54) is 30.3 Å². The summed E-state index contributed by atoms with van der Waals surface area (Å²) in [6, 6.07) is 11.9. The number of carboxylic acid groups (broad SMARTS) is 1. The zero-order valence-electron chi connectivity index (χ0n) is 19.6. The van der Waals surface area contributed by atoms with Crippen molar-refractivity contribution >= 4 is 50.9 Å². The average molecular weight is 537 g/mol. The van der Waals surface area contributed by atoms with Crippen LogP contribution in [0, 0.1) is 0 Å². The normalized spacial score (nSPS) is 14.0. The molecule has 0 atom stereocenters. The standard InChI is InChI=1S/C24H29ClN4O6S/c25-17-6-4-10-20(14-17)29(16-23(31)27-18-7-2-1-3-8-18)36(34,35)21-11-5-9-19(15-21)28-22(30)12-13-26-24(32)33/h4-6,9-11,14-15,18,26H,1-3,7-8,12-13,16H2,(H,27,31)(H,28,30)(H,32,33). The summed E-state index contributed by atoms with van der Waals surface area (Å²) in [6.07, 6.45) is 3.51. The maximum absolute atomic E-state index is 13.7. The number of hydrogen-bond donors (Lipinski definition) is 4. The second-order valence-electron chi connectivity index (χ2n) is 8.45. The number of hydrogen-bond acceptors (Lipinski definition) is 5. The molecule has 0 unspecified atom stereocenters. The van der Waals surface area contributed by atoms with Crippen LogP contribution in [0.2, 0.25) is 5.02 Å². The van der Waals surface area contributed by atoms with Crippen molar-refractivity contribution < 1.29 is 27.9 Å². The predicted molar refractivity (Wildman–Crippen MR) is 137 cm³/mol. The SMILES string of the molecule is O=C(O)NCCC(=O)Nc1cccc(S(=O)(=O)N(CC(=O)NC2CCCCC2)c2cccc(Cl)c2)c1. The van der Waals surface area contributed by atoms with Gasteiger partial charge in [-0.15, -0.1) is 0 Å². The van der Waals surface area contributed by atoms with E-state index in [4.69, 9.17) is 16.7 Å². The van der Waals surface area contributed by atoms with Gasteiger partial charge in [0.25, 0.3) is 10.0 Å². The van der Waals surface area contributed by atoms with Crippen LogP contribution in [0.3, 0.4) is 0 Å². The second kappa shape index (κ2) is 12.6. The molecule has 10 nitrogen and oxygen atoms in total. The van der Waals surface area contributed by atoms with E-state index in [2.05, 4.69) is 16.0 Å². The third-order valence-corrected chi connectivity index (χ3v) is 7.69. The summed E-state index contributed by atoms with van der Waals surface area (Å²) in [6.45, 7) is -0.519. The van der Waals surface area contributed by atoms with Crippen LogP contribution in [0.15, 0.2) is 53.4 Å². The molecule has 2 aromatic carbocycles. The van der Waals surface area contributed by atoms with Gasteiger partial charge in [0, 0.05) is 29.7 Å². The van der Waals surface area contributed by atoms with E-state index >= 15 is 0 Å². The molecular weight excluding hydrogens is 508 g/mol. The summed E-state index contributed by atoms with van der Waals surface area (Å²) in [4.78, 5) is 35.4. The van der Waals surface area contributed by atoms with Crippen LogP contribution in [0.25, 0.3) is 0 Å². The fourth-order valence-corrected chi connectivity index (χ4v) is 5.61. The lowest BCUT2D eigenvalue weighted by Gasteiger charge is -2.27. The first-order valence-electron chi connectivity index (χ1n) is 11.6. The Morgan fingerprint density at radius 3 is 2.42 bits per heavy atom. The lowest BCUT2D eigenvalue weighted by molar-refractivity contribution is -0.120. The third-order valence-electron chi connectivity index (χ3n) is 5.69. The highest BCUT2D eigenvalue weighted by Crippen LogP contribution is 2.27. The Hall–Kier alpha value is -3.31. The molecule has 194 valence electrons. The molecule has 12 heteroatoms. The summed E-state index contributed by atoms with van der Waals surface area (Å²) >= 11 is 6.11. The van der Waals surface area contributed by atoms with E-state index < -0.39 is 34.5 Å². The molecule has 3 rings (SSSR count). The van der Waals surface area contributed by atoms with Crippen molar-refractivity contribution in [3.8, 4) is 0 Å². The quantitative estimate of drug-likeness (QED) is 0.365. The summed E-state index contributed by atoms with van der Waals surface area (Å²) < 4.78 is 28.3. The van der Waals surface area contributed by atoms with Crippen molar-refractivity contribution in [1.29, 1.82) is 0 Å². The van der Waals surface area contributed by atoms with Crippen LogP contribution in [0.1, 0.15) is 38.5 Å². The molecule has 0 heterocycles. The maximum Gasteiger partial charge on any atom is 0.404 e. The van der Waals surface area contributed by atoms with Gasteiger partial charge in [0.15, 0.2) is 0 Å². The zero-order chi connectivity index (χ0) is 26.1. The smallest absolute Gasteiger partial charge is 0.404 e. The molecule has 1 fully saturated rings. The van der Waals surface area contributed by atoms with E-state index in [0.29, 0.717) is 5.02 Å². The summed E-state index contributed by atoms with van der Waals surface area (Å²) in [5, 5.41) is 16.5. The fourth-order valence-electron chi connectivity index (χ4n) is 3.96. The second-order valence-corrected chi connectivity index (χ2v) is 10.8. The topological polar surface area (TPSA) is 145 Å². The van der Waals surface area contributed by atoms with Gasteiger partial charge < -0.3 is 21.1 Å². The monoisotopic (exact) mass is 536 g/mol. The molecule has 2 aromatic rings. The minimum absolute atomic E-state index is 0.0179. The lowest BCUT2D eigenvalue weighted by atomic mass is 9.95. The van der Waals surface area contributed by atoms with Crippen molar-refractivity contribution in [3.63, 3.8) is 0 Å². The van der Waals surface area contributed by atoms with Crippen LogP contribution in [-0.2, 0) is 19.6 Å². The minimum Gasteiger partial charge on any atom is -0.465 e. The van der Waals surface area contributed by atoms with Crippen LogP contribution >= 0.6 is 11.6 Å². The van der Waals surface area contributed by atoms with Gasteiger partial charge in [-0.1, -0.05) is 43.0 Å². The van der Waals surface area contributed by atoms with Gasteiger partial charge in [0.2, 0.25) is 11.8 Å². The van der Waals surface area contributed by atoms with E-state index in [9.17, 15) is 22.8 Å². The summed E-state index contributed by atoms with van der Waals surface area (Å²) in [7, 11) is -4.22. The highest BCUT2D eigenvalue weighted by molar-refractivity contribution is 7.92. The maximum atomic E-state index is 13.7. The molecule has 0 saturated heterocycles. The molecule has 0 aromatic heterocycles. The number of carbonyl (C=O) groups excluding carboxylic acids is 2. The van der Waals surface area contributed by atoms with Gasteiger partial charge in [-0.05, 0) is 49.2 Å². The van der Waals surface area contributed by atoms with Gasteiger partial charge in [-0.3, -0.25) is 13.9 Å². The van der Waals surface area contributed by atoms with Gasteiger partial charge in [-0.2, -0.15) is 0 Å². The molecule has 4 N–H and O–H groups in total. The molecule has 1 aliphatic carbocycles. The van der Waals surface area contributed by atoms with Crippen LogP contribution in [-0.4, -0.2) is 50.6 Å². The number of halogens is 1.